The number of benzene rings is 1. The summed E-state index contributed by atoms with van der Waals surface area (Å²) in [6.07, 6.45) is 3.36. The van der Waals surface area contributed by atoms with Crippen molar-refractivity contribution in [3.05, 3.63) is 41.1 Å². The predicted molar refractivity (Wildman–Crippen MR) is 93.4 cm³/mol. The van der Waals surface area contributed by atoms with Gasteiger partial charge in [0.25, 0.3) is 5.88 Å². The predicted octanol–water partition coefficient (Wildman–Crippen LogP) is 3.61. The van der Waals surface area contributed by atoms with Gasteiger partial charge in [0.15, 0.2) is 0 Å². The minimum Gasteiger partial charge on any atom is -0.437 e. The molecule has 128 valence electrons. The lowest BCUT2D eigenvalue weighted by Gasteiger charge is -2.11. The van der Waals surface area contributed by atoms with Crippen LogP contribution >= 0.6 is 0 Å². The van der Waals surface area contributed by atoms with Crippen LogP contribution in [0.25, 0.3) is 0 Å². The number of carbonyl (C=O) groups is 1. The third kappa shape index (κ3) is 3.77. The van der Waals surface area contributed by atoms with Gasteiger partial charge in [-0.1, -0.05) is 13.8 Å². The lowest BCUT2D eigenvalue weighted by molar-refractivity contribution is -0.117. The number of hydrogen-bond donors (Lipinski definition) is 1. The van der Waals surface area contributed by atoms with E-state index in [2.05, 4.69) is 21.6 Å². The third-order valence-electron chi connectivity index (χ3n) is 4.21. The Hall–Kier alpha value is -2.94. The molecule has 1 aromatic heterocycles. The number of aromatic nitrogens is 2. The smallest absolute Gasteiger partial charge is 0.257 e. The summed E-state index contributed by atoms with van der Waals surface area (Å²) in [5.74, 6) is 0.982. The van der Waals surface area contributed by atoms with E-state index in [0.717, 1.165) is 36.2 Å². The van der Waals surface area contributed by atoms with Crippen molar-refractivity contribution in [2.24, 2.45) is 5.92 Å². The molecular formula is C19H20N4O2. The average molecular weight is 336 g/mol. The molecule has 1 amide bonds. The van der Waals surface area contributed by atoms with Crippen molar-refractivity contribution in [1.82, 2.24) is 10.2 Å². The third-order valence-corrected chi connectivity index (χ3v) is 4.21. The van der Waals surface area contributed by atoms with E-state index in [9.17, 15) is 10.1 Å². The fraction of sp³-hybridized carbons (Fsp3) is 0.368. The maximum absolute atomic E-state index is 11.8. The highest BCUT2D eigenvalue weighted by atomic mass is 16.5. The van der Waals surface area contributed by atoms with E-state index in [1.165, 1.54) is 0 Å². The summed E-state index contributed by atoms with van der Waals surface area (Å²) in [4.78, 5) is 11.8. The highest BCUT2D eigenvalue weighted by Gasteiger charge is 2.29. The minimum absolute atomic E-state index is 0.0639. The van der Waals surface area contributed by atoms with Crippen LogP contribution in [0.4, 0.5) is 5.69 Å². The van der Waals surface area contributed by atoms with Crippen molar-refractivity contribution in [1.29, 1.82) is 5.26 Å². The van der Waals surface area contributed by atoms with Crippen LogP contribution in [-0.4, -0.2) is 16.1 Å². The van der Waals surface area contributed by atoms with Gasteiger partial charge in [-0.2, -0.15) is 10.4 Å². The van der Waals surface area contributed by atoms with Gasteiger partial charge in [-0.05, 0) is 55.5 Å². The Morgan fingerprint density at radius 2 is 1.96 bits per heavy atom. The topological polar surface area (TPSA) is 87.9 Å². The molecule has 0 bridgehead atoms. The Labute approximate surface area is 146 Å². The van der Waals surface area contributed by atoms with Crippen LogP contribution in [0.5, 0.6) is 11.6 Å². The van der Waals surface area contributed by atoms with Gasteiger partial charge in [-0.25, -0.2) is 0 Å². The molecular weight excluding hydrogens is 316 g/mol. The molecule has 1 aliphatic rings. The number of ether oxygens (including phenoxy) is 1. The number of anilines is 1. The standard InChI is InChI=1S/C19H20N4O2/c1-3-15-16(11-20)19(23-22-17(15)4-2)25-14-9-7-13(8-10-14)21-18(24)12-5-6-12/h7-10,12H,3-6H2,1-2H3,(H,21,24). The summed E-state index contributed by atoms with van der Waals surface area (Å²) < 4.78 is 5.75. The number of nitriles is 1. The SMILES string of the molecule is CCc1nnc(Oc2ccc(NC(=O)C3CC3)cc2)c(C#N)c1CC. The Bertz CT molecular complexity index is 821. The van der Waals surface area contributed by atoms with Crippen molar-refractivity contribution in [2.45, 2.75) is 39.5 Å². The zero-order valence-corrected chi connectivity index (χ0v) is 14.4. The molecule has 1 aliphatic carbocycles. The second-order valence-electron chi connectivity index (χ2n) is 6.01. The fourth-order valence-electron chi connectivity index (χ4n) is 2.65. The summed E-state index contributed by atoms with van der Waals surface area (Å²) in [7, 11) is 0. The number of rotatable bonds is 6. The molecule has 0 radical (unpaired) electrons. The fourth-order valence-corrected chi connectivity index (χ4v) is 2.65. The first-order valence-electron chi connectivity index (χ1n) is 8.53. The molecule has 0 aliphatic heterocycles. The summed E-state index contributed by atoms with van der Waals surface area (Å²) in [5, 5.41) is 20.6. The Balaban J connectivity index is 1.78. The number of carbonyl (C=O) groups excluding carboxylic acids is 1. The Kier molecular flexibility index (Phi) is 4.94. The van der Waals surface area contributed by atoms with Crippen molar-refractivity contribution < 1.29 is 9.53 Å². The highest BCUT2D eigenvalue weighted by molar-refractivity contribution is 5.94. The zero-order chi connectivity index (χ0) is 17.8. The van der Waals surface area contributed by atoms with Crippen LogP contribution in [0.2, 0.25) is 0 Å². The highest BCUT2D eigenvalue weighted by Crippen LogP contribution is 2.31. The van der Waals surface area contributed by atoms with Crippen LogP contribution in [0.1, 0.15) is 43.5 Å². The maximum atomic E-state index is 11.8. The molecule has 25 heavy (non-hydrogen) atoms. The average Bonchev–Trinajstić information content (AvgIpc) is 3.48. The Morgan fingerprint density at radius 3 is 2.52 bits per heavy atom. The molecule has 3 rings (SSSR count). The zero-order valence-electron chi connectivity index (χ0n) is 14.4. The molecule has 0 unspecified atom stereocenters. The minimum atomic E-state index is 0.0639. The van der Waals surface area contributed by atoms with E-state index in [0.29, 0.717) is 17.7 Å². The number of nitrogens with zero attached hydrogens (tertiary/aromatic N) is 3. The molecule has 1 N–H and O–H groups in total. The normalized spacial score (nSPS) is 13.2. The maximum Gasteiger partial charge on any atom is 0.257 e. The number of amides is 1. The van der Waals surface area contributed by atoms with E-state index in [-0.39, 0.29) is 17.7 Å². The summed E-state index contributed by atoms with van der Waals surface area (Å²) in [5.41, 5.74) is 2.86. The van der Waals surface area contributed by atoms with Crippen molar-refractivity contribution in [3.8, 4) is 17.7 Å². The van der Waals surface area contributed by atoms with Crippen molar-refractivity contribution in [3.63, 3.8) is 0 Å². The number of hydrogen-bond acceptors (Lipinski definition) is 5. The largest absolute Gasteiger partial charge is 0.437 e. The molecule has 1 heterocycles. The van der Waals surface area contributed by atoms with Crippen molar-refractivity contribution >= 4 is 11.6 Å². The van der Waals surface area contributed by atoms with Gasteiger partial charge in [0.1, 0.15) is 17.4 Å². The van der Waals surface area contributed by atoms with E-state index in [1.54, 1.807) is 24.3 Å². The van der Waals surface area contributed by atoms with Crippen LogP contribution in [-0.2, 0) is 17.6 Å². The number of aryl methyl sites for hydroxylation is 1. The van der Waals surface area contributed by atoms with Gasteiger partial charge in [0.2, 0.25) is 5.91 Å². The van der Waals surface area contributed by atoms with Crippen LogP contribution < -0.4 is 10.1 Å². The van der Waals surface area contributed by atoms with E-state index < -0.39 is 0 Å². The second kappa shape index (κ2) is 7.31. The molecule has 6 nitrogen and oxygen atoms in total. The first-order chi connectivity index (χ1) is 12.2. The van der Waals surface area contributed by atoms with Crippen LogP contribution in [0.3, 0.4) is 0 Å². The van der Waals surface area contributed by atoms with Crippen molar-refractivity contribution in [2.75, 3.05) is 5.32 Å². The van der Waals surface area contributed by atoms with Gasteiger partial charge < -0.3 is 10.1 Å². The molecule has 0 atom stereocenters. The van der Waals surface area contributed by atoms with E-state index in [4.69, 9.17) is 4.74 Å². The quantitative estimate of drug-likeness (QED) is 0.870. The molecule has 2 aromatic rings. The molecule has 0 spiro atoms. The van der Waals surface area contributed by atoms with Crippen LogP contribution in [0.15, 0.2) is 24.3 Å². The summed E-state index contributed by atoms with van der Waals surface area (Å²) in [6, 6.07) is 9.21. The molecule has 1 aromatic carbocycles. The van der Waals surface area contributed by atoms with E-state index >= 15 is 0 Å². The second-order valence-corrected chi connectivity index (χ2v) is 6.01. The van der Waals surface area contributed by atoms with E-state index in [1.807, 2.05) is 13.8 Å². The Morgan fingerprint density at radius 1 is 1.24 bits per heavy atom. The monoisotopic (exact) mass is 336 g/mol. The number of nitrogens with one attached hydrogen (secondary N) is 1. The molecule has 0 saturated heterocycles. The van der Waals surface area contributed by atoms with Gasteiger partial charge in [-0.15, -0.1) is 5.10 Å². The van der Waals surface area contributed by atoms with Gasteiger partial charge in [-0.3, -0.25) is 4.79 Å². The molecule has 1 saturated carbocycles. The van der Waals surface area contributed by atoms with Gasteiger partial charge in [0.05, 0.1) is 5.69 Å². The lowest BCUT2D eigenvalue weighted by atomic mass is 10.0. The van der Waals surface area contributed by atoms with Gasteiger partial charge >= 0.3 is 0 Å². The lowest BCUT2D eigenvalue weighted by Crippen LogP contribution is -2.13. The summed E-state index contributed by atoms with van der Waals surface area (Å²) >= 11 is 0. The van der Waals surface area contributed by atoms with Crippen LogP contribution in [0, 0.1) is 17.2 Å². The van der Waals surface area contributed by atoms with Gasteiger partial charge in [0, 0.05) is 11.6 Å². The molecule has 1 fully saturated rings. The molecule has 6 heteroatoms. The summed E-state index contributed by atoms with van der Waals surface area (Å²) in [6.45, 7) is 3.97. The first-order valence-corrected chi connectivity index (χ1v) is 8.53. The first kappa shape index (κ1) is 16.9.